The Morgan fingerprint density at radius 1 is 0.613 bits per heavy atom. The first-order valence-electron chi connectivity index (χ1n) is 10.1. The summed E-state index contributed by atoms with van der Waals surface area (Å²) >= 11 is 3.50. The van der Waals surface area contributed by atoms with Gasteiger partial charge in [0.15, 0.2) is 5.84 Å². The van der Waals surface area contributed by atoms with Crippen LogP contribution in [0.1, 0.15) is 22.3 Å². The van der Waals surface area contributed by atoms with Crippen LogP contribution in [0.25, 0.3) is 0 Å². The summed E-state index contributed by atoms with van der Waals surface area (Å²) in [4.78, 5) is 0. The molecule has 0 unspecified atom stereocenters. The molecule has 1 aliphatic rings. The predicted octanol–water partition coefficient (Wildman–Crippen LogP) is 5.43. The second kappa shape index (κ2) is 8.38. The lowest BCUT2D eigenvalue weighted by Gasteiger charge is -2.42. The lowest BCUT2D eigenvalue weighted by Crippen LogP contribution is -2.57. The summed E-state index contributed by atoms with van der Waals surface area (Å²) in [6.07, 6.45) is 0. The Bertz CT molecular complexity index is 1080. The van der Waals surface area contributed by atoms with Gasteiger partial charge in [0.1, 0.15) is 5.54 Å². The summed E-state index contributed by atoms with van der Waals surface area (Å²) in [5.41, 5.74) is 10.5. The van der Waals surface area contributed by atoms with Crippen molar-refractivity contribution in [1.29, 1.82) is 0 Å². The smallest absolute Gasteiger partial charge is 0.170 e. The van der Waals surface area contributed by atoms with E-state index in [0.717, 1.165) is 32.6 Å². The standard InChI is InChI=1S/C26H21BrN4/c27-24-18-16-20(17-19-24)25-28-30-31(29-25)26(21-10-4-1-5-11-21,22-12-6-2-7-13-22)23-14-8-3-9-15-23/h1-19,30H,(H,28,29). The molecule has 0 amide bonds. The molecule has 0 aromatic heterocycles. The van der Waals surface area contributed by atoms with Crippen molar-refractivity contribution in [3.8, 4) is 0 Å². The molecular formula is C26H21BrN4. The first-order chi connectivity index (χ1) is 15.3. The first-order valence-corrected chi connectivity index (χ1v) is 10.9. The van der Waals surface area contributed by atoms with Gasteiger partial charge in [0.05, 0.1) is 0 Å². The molecule has 1 heterocycles. The quantitative estimate of drug-likeness (QED) is 0.383. The topological polar surface area (TPSA) is 39.7 Å². The average Bonchev–Trinajstić information content (AvgIpc) is 3.33. The highest BCUT2D eigenvalue weighted by Crippen LogP contribution is 2.41. The Labute approximate surface area is 190 Å². The van der Waals surface area contributed by atoms with Crippen LogP contribution in [0.2, 0.25) is 0 Å². The second-order valence-electron chi connectivity index (χ2n) is 7.32. The van der Waals surface area contributed by atoms with Crippen molar-refractivity contribution < 1.29 is 0 Å². The highest BCUT2D eigenvalue weighted by Gasteiger charge is 2.45. The SMILES string of the molecule is Brc1ccc(C2=NNN(C(c3ccccc3)(c3ccccc3)c3ccccc3)N2)cc1. The van der Waals surface area contributed by atoms with Crippen molar-refractivity contribution in [2.24, 2.45) is 5.10 Å². The largest absolute Gasteiger partial charge is 0.281 e. The van der Waals surface area contributed by atoms with Crippen LogP contribution in [0.15, 0.2) is 125 Å². The highest BCUT2D eigenvalue weighted by molar-refractivity contribution is 9.10. The zero-order valence-electron chi connectivity index (χ0n) is 16.7. The second-order valence-corrected chi connectivity index (χ2v) is 8.24. The normalized spacial score (nSPS) is 13.9. The number of rotatable bonds is 5. The van der Waals surface area contributed by atoms with Crippen LogP contribution in [0.5, 0.6) is 0 Å². The van der Waals surface area contributed by atoms with Crippen molar-refractivity contribution in [3.05, 3.63) is 142 Å². The minimum Gasteiger partial charge on any atom is -0.281 e. The molecule has 0 atom stereocenters. The van der Waals surface area contributed by atoms with Gasteiger partial charge in [-0.25, -0.2) is 5.53 Å². The summed E-state index contributed by atoms with van der Waals surface area (Å²) in [5, 5.41) is 6.62. The summed E-state index contributed by atoms with van der Waals surface area (Å²) in [5.74, 6) is 0.764. The number of hydrogen-bond acceptors (Lipinski definition) is 4. The van der Waals surface area contributed by atoms with Crippen molar-refractivity contribution in [2.45, 2.75) is 5.54 Å². The number of benzene rings is 4. The van der Waals surface area contributed by atoms with Gasteiger partial charge in [0, 0.05) is 10.0 Å². The Morgan fingerprint density at radius 3 is 1.52 bits per heavy atom. The van der Waals surface area contributed by atoms with Crippen molar-refractivity contribution in [2.75, 3.05) is 0 Å². The Kier molecular flexibility index (Phi) is 5.28. The van der Waals surface area contributed by atoms with Gasteiger partial charge in [-0.2, -0.15) is 0 Å². The van der Waals surface area contributed by atoms with E-state index in [4.69, 9.17) is 0 Å². The number of hydrazone groups is 1. The molecule has 0 radical (unpaired) electrons. The molecule has 4 aromatic carbocycles. The molecule has 5 rings (SSSR count). The van der Waals surface area contributed by atoms with E-state index in [0.29, 0.717) is 0 Å². The number of nitrogens with one attached hydrogen (secondary N) is 2. The molecule has 0 bridgehead atoms. The molecule has 1 aliphatic heterocycles. The van der Waals surface area contributed by atoms with E-state index in [1.165, 1.54) is 0 Å². The molecule has 0 saturated heterocycles. The fourth-order valence-corrected chi connectivity index (χ4v) is 4.34. The Morgan fingerprint density at radius 2 is 1.06 bits per heavy atom. The first kappa shape index (κ1) is 19.5. The summed E-state index contributed by atoms with van der Waals surface area (Å²) in [7, 11) is 0. The van der Waals surface area contributed by atoms with Crippen LogP contribution in [0, 0.1) is 0 Å². The van der Waals surface area contributed by atoms with Crippen LogP contribution in [-0.4, -0.2) is 11.0 Å². The zero-order valence-corrected chi connectivity index (χ0v) is 18.3. The fraction of sp³-hybridized carbons (Fsp3) is 0.0385. The van der Waals surface area contributed by atoms with E-state index in [1.54, 1.807) is 0 Å². The summed E-state index contributed by atoms with van der Waals surface area (Å²) in [6, 6.07) is 39.6. The molecule has 2 N–H and O–H groups in total. The monoisotopic (exact) mass is 468 g/mol. The third kappa shape index (κ3) is 3.52. The Balaban J connectivity index is 1.67. The van der Waals surface area contributed by atoms with Gasteiger partial charge >= 0.3 is 0 Å². The van der Waals surface area contributed by atoms with Gasteiger partial charge in [0.25, 0.3) is 0 Å². The van der Waals surface area contributed by atoms with Gasteiger partial charge < -0.3 is 0 Å². The maximum absolute atomic E-state index is 4.63. The molecule has 0 saturated carbocycles. The molecule has 0 aliphatic carbocycles. The van der Waals surface area contributed by atoms with E-state index >= 15 is 0 Å². The third-order valence-corrected chi connectivity index (χ3v) is 6.04. The summed E-state index contributed by atoms with van der Waals surface area (Å²) < 4.78 is 1.03. The number of halogens is 1. The minimum absolute atomic E-state index is 0.648. The third-order valence-electron chi connectivity index (χ3n) is 5.51. The molecule has 31 heavy (non-hydrogen) atoms. The van der Waals surface area contributed by atoms with E-state index < -0.39 is 5.54 Å². The highest BCUT2D eigenvalue weighted by atomic mass is 79.9. The average molecular weight is 469 g/mol. The number of amidine groups is 1. The van der Waals surface area contributed by atoms with Gasteiger partial charge in [-0.05, 0) is 28.8 Å². The molecule has 0 spiro atoms. The number of nitrogens with zero attached hydrogens (tertiary/aromatic N) is 2. The Hall–Kier alpha value is -3.41. The van der Waals surface area contributed by atoms with Crippen LogP contribution < -0.4 is 11.0 Å². The maximum Gasteiger partial charge on any atom is 0.170 e. The van der Waals surface area contributed by atoms with E-state index in [9.17, 15) is 0 Å². The summed E-state index contributed by atoms with van der Waals surface area (Å²) in [6.45, 7) is 0. The van der Waals surface area contributed by atoms with Crippen LogP contribution >= 0.6 is 15.9 Å². The van der Waals surface area contributed by atoms with Crippen LogP contribution in [-0.2, 0) is 5.54 Å². The molecular weight excluding hydrogens is 448 g/mol. The molecule has 4 nitrogen and oxygen atoms in total. The lowest BCUT2D eigenvalue weighted by molar-refractivity contribution is 0.0761. The minimum atomic E-state index is -0.648. The fourth-order valence-electron chi connectivity index (χ4n) is 4.08. The van der Waals surface area contributed by atoms with Crippen molar-refractivity contribution >= 4 is 21.8 Å². The van der Waals surface area contributed by atoms with Crippen molar-refractivity contribution in [3.63, 3.8) is 0 Å². The van der Waals surface area contributed by atoms with Crippen molar-refractivity contribution in [1.82, 2.24) is 16.1 Å². The maximum atomic E-state index is 4.63. The molecule has 152 valence electrons. The van der Waals surface area contributed by atoms with Gasteiger partial charge in [-0.1, -0.05) is 124 Å². The predicted molar refractivity (Wildman–Crippen MR) is 128 cm³/mol. The zero-order chi connectivity index (χ0) is 21.1. The van der Waals surface area contributed by atoms with E-state index in [2.05, 4.69) is 105 Å². The number of hydrazine groups is 2. The van der Waals surface area contributed by atoms with E-state index in [1.807, 2.05) is 47.6 Å². The molecule has 5 heteroatoms. The van der Waals surface area contributed by atoms with E-state index in [-0.39, 0.29) is 0 Å². The molecule has 0 fully saturated rings. The van der Waals surface area contributed by atoms with Gasteiger partial charge in [0.2, 0.25) is 0 Å². The van der Waals surface area contributed by atoms with Crippen LogP contribution in [0.3, 0.4) is 0 Å². The van der Waals surface area contributed by atoms with Gasteiger partial charge in [-0.15, -0.1) is 5.10 Å². The van der Waals surface area contributed by atoms with Crippen LogP contribution in [0.4, 0.5) is 0 Å². The lowest BCUT2D eigenvalue weighted by atomic mass is 9.77. The van der Waals surface area contributed by atoms with Gasteiger partial charge in [-0.3, -0.25) is 5.43 Å². The number of hydrogen-bond donors (Lipinski definition) is 2. The molecule has 4 aromatic rings.